The zero-order valence-electron chi connectivity index (χ0n) is 13.1. The predicted molar refractivity (Wildman–Crippen MR) is 85.9 cm³/mol. The quantitative estimate of drug-likeness (QED) is 0.884. The summed E-state index contributed by atoms with van der Waals surface area (Å²) in [5.74, 6) is 0.184. The maximum absolute atomic E-state index is 12.1. The number of hydrogen-bond acceptors (Lipinski definition) is 3. The van der Waals surface area contributed by atoms with Gasteiger partial charge < -0.3 is 10.3 Å². The first-order valence-corrected chi connectivity index (χ1v) is 7.35. The molecule has 0 unspecified atom stereocenters. The molecule has 1 aromatic heterocycles. The van der Waals surface area contributed by atoms with Crippen LogP contribution in [0.4, 0.5) is 0 Å². The van der Waals surface area contributed by atoms with Crippen molar-refractivity contribution in [1.82, 2.24) is 15.3 Å². The highest BCUT2D eigenvalue weighted by Gasteiger charge is 2.12. The minimum absolute atomic E-state index is 0.0668. The Balaban J connectivity index is 1.95. The fraction of sp³-hybridized carbons (Fsp3) is 0.353. The van der Waals surface area contributed by atoms with Crippen LogP contribution in [0.3, 0.4) is 0 Å². The first kappa shape index (κ1) is 15.9. The van der Waals surface area contributed by atoms with Crippen LogP contribution >= 0.6 is 0 Å². The third-order valence-corrected chi connectivity index (χ3v) is 3.76. The van der Waals surface area contributed by atoms with E-state index in [9.17, 15) is 9.59 Å². The molecule has 0 bridgehead atoms. The summed E-state index contributed by atoms with van der Waals surface area (Å²) >= 11 is 0. The van der Waals surface area contributed by atoms with Crippen LogP contribution in [0.2, 0.25) is 0 Å². The van der Waals surface area contributed by atoms with Gasteiger partial charge in [0, 0.05) is 23.5 Å². The van der Waals surface area contributed by atoms with Crippen molar-refractivity contribution in [3.8, 4) is 0 Å². The lowest BCUT2D eigenvalue weighted by molar-refractivity contribution is -0.120. The number of nitrogens with zero attached hydrogens (tertiary/aromatic N) is 1. The van der Waals surface area contributed by atoms with E-state index in [1.165, 1.54) is 5.56 Å². The lowest BCUT2D eigenvalue weighted by atomic mass is 10.0. The van der Waals surface area contributed by atoms with E-state index in [1.807, 2.05) is 18.2 Å². The summed E-state index contributed by atoms with van der Waals surface area (Å²) in [5.41, 5.74) is 2.90. The van der Waals surface area contributed by atoms with E-state index < -0.39 is 0 Å². The third-order valence-electron chi connectivity index (χ3n) is 3.76. The molecule has 1 amide bonds. The van der Waals surface area contributed by atoms with E-state index in [1.54, 1.807) is 13.8 Å². The standard InChI is InChI=1S/C17H21N3O2/c1-11(14-7-5-4-6-8-14)10-18-16(21)9-15-12(2)19-17(22)20-13(15)3/h4-8,11H,9-10H2,1-3H3,(H,18,21)(H,19,20,22)/t11-/m0/s1. The summed E-state index contributed by atoms with van der Waals surface area (Å²) in [6, 6.07) is 10.1. The second kappa shape index (κ2) is 7.02. The number of hydrogen-bond donors (Lipinski definition) is 2. The number of aromatic nitrogens is 2. The molecule has 5 nitrogen and oxygen atoms in total. The van der Waals surface area contributed by atoms with Crippen LogP contribution in [0.25, 0.3) is 0 Å². The van der Waals surface area contributed by atoms with Gasteiger partial charge in [0.05, 0.1) is 6.42 Å². The van der Waals surface area contributed by atoms with Crippen molar-refractivity contribution in [3.05, 3.63) is 63.3 Å². The number of carbonyl (C=O) groups is 1. The number of aromatic amines is 1. The summed E-state index contributed by atoms with van der Waals surface area (Å²) in [4.78, 5) is 29.8. The molecule has 0 aliphatic carbocycles. The zero-order valence-corrected chi connectivity index (χ0v) is 13.1. The molecule has 0 fully saturated rings. The maximum Gasteiger partial charge on any atom is 0.345 e. The number of nitrogens with one attached hydrogen (secondary N) is 2. The molecule has 2 aromatic rings. The average Bonchev–Trinajstić information content (AvgIpc) is 2.49. The van der Waals surface area contributed by atoms with Crippen LogP contribution in [0.1, 0.15) is 35.4 Å². The van der Waals surface area contributed by atoms with Crippen LogP contribution in [0.15, 0.2) is 35.1 Å². The number of amides is 1. The Kier molecular flexibility index (Phi) is 5.09. The van der Waals surface area contributed by atoms with Crippen molar-refractivity contribution >= 4 is 5.91 Å². The van der Waals surface area contributed by atoms with E-state index in [0.717, 1.165) is 5.56 Å². The van der Waals surface area contributed by atoms with E-state index in [0.29, 0.717) is 17.9 Å². The molecule has 5 heteroatoms. The van der Waals surface area contributed by atoms with Crippen LogP contribution < -0.4 is 11.0 Å². The Morgan fingerprint density at radius 3 is 2.59 bits per heavy atom. The van der Waals surface area contributed by atoms with Gasteiger partial charge in [-0.15, -0.1) is 0 Å². The van der Waals surface area contributed by atoms with Crippen LogP contribution in [-0.2, 0) is 11.2 Å². The summed E-state index contributed by atoms with van der Waals surface area (Å²) in [6.07, 6.45) is 0.225. The first-order valence-electron chi connectivity index (χ1n) is 7.35. The lowest BCUT2D eigenvalue weighted by Crippen LogP contribution is -2.30. The molecular weight excluding hydrogens is 278 g/mol. The van der Waals surface area contributed by atoms with Crippen molar-refractivity contribution in [2.24, 2.45) is 0 Å². The van der Waals surface area contributed by atoms with Gasteiger partial charge in [-0.05, 0) is 25.3 Å². The highest BCUT2D eigenvalue weighted by atomic mass is 16.1. The zero-order chi connectivity index (χ0) is 16.1. The van der Waals surface area contributed by atoms with Gasteiger partial charge in [0.1, 0.15) is 0 Å². The number of H-pyrrole nitrogens is 1. The second-order valence-electron chi connectivity index (χ2n) is 5.52. The number of rotatable bonds is 5. The highest BCUT2D eigenvalue weighted by Crippen LogP contribution is 2.13. The molecule has 0 radical (unpaired) electrons. The molecule has 116 valence electrons. The Morgan fingerprint density at radius 1 is 1.27 bits per heavy atom. The van der Waals surface area contributed by atoms with Crippen molar-refractivity contribution in [2.45, 2.75) is 33.1 Å². The molecule has 22 heavy (non-hydrogen) atoms. The maximum atomic E-state index is 12.1. The smallest absolute Gasteiger partial charge is 0.345 e. The summed E-state index contributed by atoms with van der Waals surface area (Å²) < 4.78 is 0. The van der Waals surface area contributed by atoms with Crippen molar-refractivity contribution in [3.63, 3.8) is 0 Å². The van der Waals surface area contributed by atoms with Crippen molar-refractivity contribution in [2.75, 3.05) is 6.54 Å². The van der Waals surface area contributed by atoms with Gasteiger partial charge in [0.25, 0.3) is 0 Å². The summed E-state index contributed by atoms with van der Waals surface area (Å²) in [6.45, 7) is 6.19. The first-order chi connectivity index (χ1) is 10.5. The molecule has 0 spiro atoms. The number of aryl methyl sites for hydroxylation is 2. The van der Waals surface area contributed by atoms with Crippen molar-refractivity contribution in [1.29, 1.82) is 0 Å². The Bertz CT molecular complexity index is 681. The normalized spacial score (nSPS) is 12.0. The van der Waals surface area contributed by atoms with Gasteiger partial charge in [-0.3, -0.25) is 4.79 Å². The van der Waals surface area contributed by atoms with E-state index in [4.69, 9.17) is 0 Å². The lowest BCUT2D eigenvalue weighted by Gasteiger charge is -2.14. The Morgan fingerprint density at radius 2 is 1.95 bits per heavy atom. The van der Waals surface area contributed by atoms with Crippen LogP contribution in [-0.4, -0.2) is 22.4 Å². The molecule has 0 aliphatic heterocycles. The fourth-order valence-electron chi connectivity index (χ4n) is 2.40. The minimum atomic E-state index is -0.378. The van der Waals surface area contributed by atoms with E-state index >= 15 is 0 Å². The molecule has 0 saturated heterocycles. The highest BCUT2D eigenvalue weighted by molar-refractivity contribution is 5.79. The summed E-state index contributed by atoms with van der Waals surface area (Å²) in [5, 5.41) is 2.94. The van der Waals surface area contributed by atoms with Crippen molar-refractivity contribution < 1.29 is 4.79 Å². The molecular formula is C17H21N3O2. The largest absolute Gasteiger partial charge is 0.355 e. The number of benzene rings is 1. The van der Waals surface area contributed by atoms with E-state index in [-0.39, 0.29) is 23.9 Å². The second-order valence-corrected chi connectivity index (χ2v) is 5.52. The van der Waals surface area contributed by atoms with Crippen LogP contribution in [0, 0.1) is 13.8 Å². The molecule has 2 rings (SSSR count). The van der Waals surface area contributed by atoms with Gasteiger partial charge in [0.15, 0.2) is 0 Å². The number of carbonyl (C=O) groups excluding carboxylic acids is 1. The van der Waals surface area contributed by atoms with Gasteiger partial charge in [-0.2, -0.15) is 4.98 Å². The monoisotopic (exact) mass is 299 g/mol. The molecule has 1 aromatic carbocycles. The van der Waals surface area contributed by atoms with E-state index in [2.05, 4.69) is 34.3 Å². The Hall–Kier alpha value is -2.43. The molecule has 2 N–H and O–H groups in total. The topological polar surface area (TPSA) is 74.8 Å². The Labute approximate surface area is 129 Å². The average molecular weight is 299 g/mol. The summed E-state index contributed by atoms with van der Waals surface area (Å²) in [7, 11) is 0. The minimum Gasteiger partial charge on any atom is -0.355 e. The van der Waals surface area contributed by atoms with Gasteiger partial charge in [-0.25, -0.2) is 4.79 Å². The molecule has 1 heterocycles. The SMILES string of the molecule is Cc1nc(=O)[nH]c(C)c1CC(=O)NC[C@H](C)c1ccccc1. The van der Waals surface area contributed by atoms with Gasteiger partial charge in [0.2, 0.25) is 5.91 Å². The fourth-order valence-corrected chi connectivity index (χ4v) is 2.40. The molecule has 0 saturated carbocycles. The van der Waals surface area contributed by atoms with Crippen LogP contribution in [0.5, 0.6) is 0 Å². The molecule has 0 aliphatic rings. The van der Waals surface area contributed by atoms with Gasteiger partial charge in [-0.1, -0.05) is 37.3 Å². The predicted octanol–water partition coefficient (Wildman–Crippen LogP) is 1.85. The van der Waals surface area contributed by atoms with Gasteiger partial charge >= 0.3 is 5.69 Å². The third kappa shape index (κ3) is 4.04. The molecule has 1 atom stereocenters.